The van der Waals surface area contributed by atoms with Gasteiger partial charge in [-0.2, -0.15) is 13.2 Å². The Bertz CT molecular complexity index is 503. The molecule has 2 N–H and O–H groups in total. The van der Waals surface area contributed by atoms with Gasteiger partial charge in [-0.05, 0) is 31.0 Å². The van der Waals surface area contributed by atoms with Crippen LogP contribution in [0.25, 0.3) is 0 Å². The van der Waals surface area contributed by atoms with Crippen LogP contribution in [-0.2, 0) is 6.18 Å². The van der Waals surface area contributed by atoms with Crippen molar-refractivity contribution in [3.8, 4) is 0 Å². The third-order valence-electron chi connectivity index (χ3n) is 4.34. The summed E-state index contributed by atoms with van der Waals surface area (Å²) in [5.74, 6) is 0. The molecule has 6 heteroatoms. The van der Waals surface area contributed by atoms with Gasteiger partial charge < -0.3 is 10.6 Å². The van der Waals surface area contributed by atoms with Gasteiger partial charge in [0.15, 0.2) is 0 Å². The Morgan fingerprint density at radius 1 is 1.10 bits per heavy atom. The zero-order chi connectivity index (χ0) is 15.1. The number of benzene rings is 1. The summed E-state index contributed by atoms with van der Waals surface area (Å²) in [7, 11) is 0. The molecule has 21 heavy (non-hydrogen) atoms. The van der Waals surface area contributed by atoms with Crippen LogP contribution in [0, 0.1) is 0 Å². The summed E-state index contributed by atoms with van der Waals surface area (Å²) in [6, 6.07) is 5.58. The van der Waals surface area contributed by atoms with Crippen molar-refractivity contribution in [2.24, 2.45) is 5.73 Å². The fourth-order valence-corrected chi connectivity index (χ4v) is 2.81. The van der Waals surface area contributed by atoms with Gasteiger partial charge in [0.25, 0.3) is 0 Å². The lowest BCUT2D eigenvalue weighted by molar-refractivity contribution is -0.137. The normalized spacial score (nSPS) is 22.4. The molecule has 0 bridgehead atoms. The largest absolute Gasteiger partial charge is 0.416 e. The third-order valence-corrected chi connectivity index (χ3v) is 4.34. The number of nitrogens with zero attached hydrogens (tertiary/aromatic N) is 2. The average Bonchev–Trinajstić information content (AvgIpc) is 3.16. The van der Waals surface area contributed by atoms with E-state index in [9.17, 15) is 13.2 Å². The minimum atomic E-state index is -4.28. The van der Waals surface area contributed by atoms with E-state index >= 15 is 0 Å². The minimum absolute atomic E-state index is 0.00162. The number of nitrogens with two attached hydrogens (primary N) is 1. The Morgan fingerprint density at radius 2 is 1.76 bits per heavy atom. The maximum Gasteiger partial charge on any atom is 0.416 e. The van der Waals surface area contributed by atoms with Gasteiger partial charge in [0.1, 0.15) is 0 Å². The summed E-state index contributed by atoms with van der Waals surface area (Å²) in [4.78, 5) is 4.33. The number of piperazine rings is 1. The summed E-state index contributed by atoms with van der Waals surface area (Å²) in [6.07, 6.45) is -2.11. The van der Waals surface area contributed by atoms with Crippen LogP contribution in [0.4, 0.5) is 18.9 Å². The minimum Gasteiger partial charge on any atom is -0.369 e. The topological polar surface area (TPSA) is 32.5 Å². The fraction of sp³-hybridized carbons (Fsp3) is 0.600. The van der Waals surface area contributed by atoms with Crippen molar-refractivity contribution in [3.63, 3.8) is 0 Å². The Morgan fingerprint density at radius 3 is 2.33 bits per heavy atom. The van der Waals surface area contributed by atoms with Crippen molar-refractivity contribution in [2.75, 3.05) is 37.6 Å². The second-order valence-corrected chi connectivity index (χ2v) is 6.17. The Balaban J connectivity index is 1.61. The monoisotopic (exact) mass is 299 g/mol. The van der Waals surface area contributed by atoms with E-state index in [1.54, 1.807) is 6.07 Å². The molecule has 1 aliphatic carbocycles. The third kappa shape index (κ3) is 3.49. The lowest BCUT2D eigenvalue weighted by atomic mass is 10.1. The zero-order valence-corrected chi connectivity index (χ0v) is 11.9. The highest BCUT2D eigenvalue weighted by molar-refractivity contribution is 5.49. The molecule has 116 valence electrons. The maximum absolute atomic E-state index is 12.7. The molecule has 1 saturated heterocycles. The molecule has 0 radical (unpaired) electrons. The average molecular weight is 299 g/mol. The summed E-state index contributed by atoms with van der Waals surface area (Å²) < 4.78 is 38.2. The van der Waals surface area contributed by atoms with Crippen molar-refractivity contribution in [2.45, 2.75) is 24.6 Å². The van der Waals surface area contributed by atoms with Crippen LogP contribution < -0.4 is 10.6 Å². The van der Waals surface area contributed by atoms with E-state index < -0.39 is 11.7 Å². The molecule has 1 saturated carbocycles. The van der Waals surface area contributed by atoms with Gasteiger partial charge >= 0.3 is 6.18 Å². The number of hydrogen-bond acceptors (Lipinski definition) is 3. The van der Waals surface area contributed by atoms with E-state index in [2.05, 4.69) is 4.90 Å². The highest BCUT2D eigenvalue weighted by Gasteiger charge is 2.40. The number of alkyl halides is 3. The fourth-order valence-electron chi connectivity index (χ4n) is 2.81. The lowest BCUT2D eigenvalue weighted by Gasteiger charge is -2.37. The SMILES string of the molecule is NC1(CN2CCN(c3cccc(C(F)(F)F)c3)CC2)CC1. The maximum atomic E-state index is 12.7. The van der Waals surface area contributed by atoms with Crippen molar-refractivity contribution < 1.29 is 13.2 Å². The molecule has 0 amide bonds. The molecule has 2 fully saturated rings. The standard InChI is InChI=1S/C15H20F3N3/c16-15(17,18)12-2-1-3-13(10-12)21-8-6-20(7-9-21)11-14(19)4-5-14/h1-3,10H,4-9,11,19H2. The highest BCUT2D eigenvalue weighted by atomic mass is 19.4. The van der Waals surface area contributed by atoms with E-state index in [-0.39, 0.29) is 5.54 Å². The Hall–Kier alpha value is -1.27. The smallest absolute Gasteiger partial charge is 0.369 e. The molecule has 1 aliphatic heterocycles. The zero-order valence-electron chi connectivity index (χ0n) is 11.9. The Labute approximate surface area is 122 Å². The van der Waals surface area contributed by atoms with Crippen LogP contribution >= 0.6 is 0 Å². The first-order valence-corrected chi connectivity index (χ1v) is 7.29. The van der Waals surface area contributed by atoms with Gasteiger partial charge in [0, 0.05) is 44.0 Å². The molecule has 3 nitrogen and oxygen atoms in total. The quantitative estimate of drug-likeness (QED) is 0.929. The highest BCUT2D eigenvalue weighted by Crippen LogP contribution is 2.34. The summed E-state index contributed by atoms with van der Waals surface area (Å²) in [6.45, 7) is 4.11. The second kappa shape index (κ2) is 5.18. The molecule has 0 aromatic heterocycles. The van der Waals surface area contributed by atoms with Crippen LogP contribution in [0.2, 0.25) is 0 Å². The molecule has 1 aromatic carbocycles. The van der Waals surface area contributed by atoms with Gasteiger partial charge in [-0.15, -0.1) is 0 Å². The van der Waals surface area contributed by atoms with Gasteiger partial charge in [-0.25, -0.2) is 0 Å². The number of halogens is 3. The second-order valence-electron chi connectivity index (χ2n) is 6.17. The molecule has 0 spiro atoms. The number of anilines is 1. The Kier molecular flexibility index (Phi) is 3.61. The summed E-state index contributed by atoms with van der Waals surface area (Å²) in [5.41, 5.74) is 6.18. The first-order chi connectivity index (χ1) is 9.86. The molecule has 0 atom stereocenters. The van der Waals surface area contributed by atoms with E-state index in [1.165, 1.54) is 12.1 Å². The van der Waals surface area contributed by atoms with Gasteiger partial charge in [0.05, 0.1) is 5.56 Å². The van der Waals surface area contributed by atoms with Gasteiger partial charge in [0.2, 0.25) is 0 Å². The van der Waals surface area contributed by atoms with E-state index in [4.69, 9.17) is 5.73 Å². The summed E-state index contributed by atoms with van der Waals surface area (Å²) >= 11 is 0. The lowest BCUT2D eigenvalue weighted by Crippen LogP contribution is -2.50. The summed E-state index contributed by atoms with van der Waals surface area (Å²) in [5, 5.41) is 0. The first kappa shape index (κ1) is 14.7. The predicted molar refractivity (Wildman–Crippen MR) is 76.2 cm³/mol. The van der Waals surface area contributed by atoms with Crippen molar-refractivity contribution in [1.29, 1.82) is 0 Å². The van der Waals surface area contributed by atoms with Crippen molar-refractivity contribution in [1.82, 2.24) is 4.90 Å². The van der Waals surface area contributed by atoms with Gasteiger partial charge in [-0.3, -0.25) is 4.90 Å². The van der Waals surface area contributed by atoms with E-state index in [1.807, 2.05) is 4.90 Å². The predicted octanol–water partition coefficient (Wildman–Crippen LogP) is 2.32. The number of rotatable bonds is 3. The molecule has 1 aromatic rings. The molecular weight excluding hydrogens is 279 g/mol. The van der Waals surface area contributed by atoms with Crippen LogP contribution in [0.5, 0.6) is 0 Å². The van der Waals surface area contributed by atoms with Crippen LogP contribution in [0.1, 0.15) is 18.4 Å². The van der Waals surface area contributed by atoms with Crippen molar-refractivity contribution >= 4 is 5.69 Å². The molecular formula is C15H20F3N3. The van der Waals surface area contributed by atoms with Crippen molar-refractivity contribution in [3.05, 3.63) is 29.8 Å². The molecule has 1 heterocycles. The van der Waals surface area contributed by atoms with Gasteiger partial charge in [-0.1, -0.05) is 6.07 Å². The molecule has 3 rings (SSSR count). The molecule has 0 unspecified atom stereocenters. The molecule has 2 aliphatic rings. The van der Waals surface area contributed by atoms with Crippen LogP contribution in [0.3, 0.4) is 0 Å². The van der Waals surface area contributed by atoms with Crippen LogP contribution in [0.15, 0.2) is 24.3 Å². The first-order valence-electron chi connectivity index (χ1n) is 7.29. The van der Waals surface area contributed by atoms with Crippen LogP contribution in [-0.4, -0.2) is 43.2 Å². The number of hydrogen-bond donors (Lipinski definition) is 1. The van der Waals surface area contributed by atoms with E-state index in [0.717, 1.165) is 51.6 Å². The van der Waals surface area contributed by atoms with E-state index in [0.29, 0.717) is 5.69 Å².